The molecule has 1 aromatic heterocycles. The summed E-state index contributed by atoms with van der Waals surface area (Å²) in [5.41, 5.74) is 0.848. The van der Waals surface area contributed by atoms with Crippen LogP contribution >= 0.6 is 11.3 Å². The summed E-state index contributed by atoms with van der Waals surface area (Å²) in [4.78, 5) is 5.46. The number of rotatable bonds is 4. The van der Waals surface area contributed by atoms with Crippen molar-refractivity contribution in [2.24, 2.45) is 0 Å². The first kappa shape index (κ1) is 12.9. The van der Waals surface area contributed by atoms with E-state index < -0.39 is 0 Å². The Labute approximate surface area is 110 Å². The van der Waals surface area contributed by atoms with E-state index >= 15 is 0 Å². The number of phenolic OH excluding ortho intramolecular Hbond substituents is 2. The lowest BCUT2D eigenvalue weighted by atomic mass is 10.1. The van der Waals surface area contributed by atoms with Gasteiger partial charge in [-0.15, -0.1) is 11.3 Å². The van der Waals surface area contributed by atoms with Gasteiger partial charge in [-0.1, -0.05) is 0 Å². The zero-order valence-corrected chi connectivity index (χ0v) is 11.2. The summed E-state index contributed by atoms with van der Waals surface area (Å²) in [6.07, 6.45) is 1.85. The van der Waals surface area contributed by atoms with Crippen LogP contribution in [0.15, 0.2) is 24.4 Å². The molecule has 0 spiro atoms. The molecule has 0 fully saturated rings. The second-order valence-corrected chi connectivity index (χ2v) is 5.57. The van der Waals surface area contributed by atoms with Gasteiger partial charge in [-0.2, -0.15) is 0 Å². The molecule has 1 heterocycles. The minimum atomic E-state index is 0.0345. The molecular formula is C13H16N2O2S. The van der Waals surface area contributed by atoms with E-state index in [0.29, 0.717) is 6.54 Å². The van der Waals surface area contributed by atoms with Gasteiger partial charge in [0.15, 0.2) is 0 Å². The molecule has 1 unspecified atom stereocenters. The molecule has 96 valence electrons. The van der Waals surface area contributed by atoms with Crippen molar-refractivity contribution in [3.05, 3.63) is 39.8 Å². The molecule has 0 aliphatic heterocycles. The van der Waals surface area contributed by atoms with Crippen LogP contribution in [0.25, 0.3) is 0 Å². The van der Waals surface area contributed by atoms with E-state index in [4.69, 9.17) is 0 Å². The predicted octanol–water partition coefficient (Wildman–Crippen LogP) is 2.71. The van der Waals surface area contributed by atoms with Crippen LogP contribution in [0.1, 0.15) is 28.4 Å². The quantitative estimate of drug-likeness (QED) is 0.794. The monoisotopic (exact) mass is 264 g/mol. The van der Waals surface area contributed by atoms with Crippen LogP contribution in [0.2, 0.25) is 0 Å². The number of nitrogens with one attached hydrogen (secondary N) is 1. The lowest BCUT2D eigenvalue weighted by Crippen LogP contribution is -2.17. The number of nitrogens with zero attached hydrogens (tertiary/aromatic N) is 1. The number of benzene rings is 1. The Morgan fingerprint density at radius 3 is 2.50 bits per heavy atom. The van der Waals surface area contributed by atoms with Gasteiger partial charge in [0.05, 0.1) is 0 Å². The highest BCUT2D eigenvalue weighted by Crippen LogP contribution is 2.25. The van der Waals surface area contributed by atoms with Gasteiger partial charge in [0.1, 0.15) is 16.5 Å². The summed E-state index contributed by atoms with van der Waals surface area (Å²) in [6.45, 7) is 4.68. The van der Waals surface area contributed by atoms with E-state index in [9.17, 15) is 10.2 Å². The maximum Gasteiger partial charge on any atom is 0.119 e. The van der Waals surface area contributed by atoms with Crippen molar-refractivity contribution in [3.8, 4) is 11.5 Å². The number of aromatic hydroxyl groups is 2. The van der Waals surface area contributed by atoms with E-state index in [1.165, 1.54) is 10.9 Å². The van der Waals surface area contributed by atoms with Gasteiger partial charge in [-0.25, -0.2) is 4.98 Å². The third kappa shape index (κ3) is 3.21. The van der Waals surface area contributed by atoms with Gasteiger partial charge in [0.2, 0.25) is 0 Å². The molecule has 0 amide bonds. The molecule has 18 heavy (non-hydrogen) atoms. The number of hydrogen-bond acceptors (Lipinski definition) is 5. The highest BCUT2D eigenvalue weighted by atomic mass is 32.1. The predicted molar refractivity (Wildman–Crippen MR) is 71.9 cm³/mol. The first-order valence-corrected chi connectivity index (χ1v) is 6.54. The third-order valence-electron chi connectivity index (χ3n) is 2.65. The van der Waals surface area contributed by atoms with Gasteiger partial charge in [-0.05, 0) is 31.5 Å². The molecule has 0 bridgehead atoms. The second kappa shape index (κ2) is 5.37. The van der Waals surface area contributed by atoms with Gasteiger partial charge < -0.3 is 15.5 Å². The number of phenols is 2. The average molecular weight is 264 g/mol. The number of aromatic nitrogens is 1. The molecule has 4 nitrogen and oxygen atoms in total. The Hall–Kier alpha value is -1.59. The van der Waals surface area contributed by atoms with Gasteiger partial charge in [0, 0.05) is 29.7 Å². The maximum absolute atomic E-state index is 9.43. The fraction of sp³-hybridized carbons (Fsp3) is 0.308. The lowest BCUT2D eigenvalue weighted by molar-refractivity contribution is 0.446. The van der Waals surface area contributed by atoms with E-state index in [0.717, 1.165) is 10.6 Å². The van der Waals surface area contributed by atoms with Crippen LogP contribution in [-0.2, 0) is 6.54 Å². The first-order chi connectivity index (χ1) is 8.54. The molecule has 1 atom stereocenters. The largest absolute Gasteiger partial charge is 0.508 e. The standard InChI is InChI=1S/C13H16N2O2S/c1-8-6-15-13(18-8)7-14-9(2)10-3-11(16)5-12(17)4-10/h3-6,9,14,16-17H,7H2,1-2H3. The first-order valence-electron chi connectivity index (χ1n) is 5.72. The summed E-state index contributed by atoms with van der Waals surface area (Å²) in [5.74, 6) is 0.146. The van der Waals surface area contributed by atoms with Crippen molar-refractivity contribution in [2.75, 3.05) is 0 Å². The molecule has 3 N–H and O–H groups in total. The molecular weight excluding hydrogens is 248 g/mol. The van der Waals surface area contributed by atoms with Crippen molar-refractivity contribution >= 4 is 11.3 Å². The highest BCUT2D eigenvalue weighted by Gasteiger charge is 2.08. The SMILES string of the molecule is Cc1cnc(CNC(C)c2cc(O)cc(O)c2)s1. The Kier molecular flexibility index (Phi) is 3.84. The Bertz CT molecular complexity index is 519. The minimum Gasteiger partial charge on any atom is -0.508 e. The van der Waals surface area contributed by atoms with Crippen molar-refractivity contribution in [3.63, 3.8) is 0 Å². The van der Waals surface area contributed by atoms with Crippen molar-refractivity contribution in [1.82, 2.24) is 10.3 Å². The van der Waals surface area contributed by atoms with Crippen molar-refractivity contribution < 1.29 is 10.2 Å². The number of thiazole rings is 1. The van der Waals surface area contributed by atoms with Crippen molar-refractivity contribution in [2.45, 2.75) is 26.4 Å². The van der Waals surface area contributed by atoms with Gasteiger partial charge in [-0.3, -0.25) is 0 Å². The summed E-state index contributed by atoms with van der Waals surface area (Å²) in [6, 6.07) is 4.64. The lowest BCUT2D eigenvalue weighted by Gasteiger charge is -2.14. The van der Waals surface area contributed by atoms with Crippen LogP contribution in [0.3, 0.4) is 0 Å². The maximum atomic E-state index is 9.43. The van der Waals surface area contributed by atoms with Crippen molar-refractivity contribution in [1.29, 1.82) is 0 Å². The number of aryl methyl sites for hydroxylation is 1. The zero-order valence-electron chi connectivity index (χ0n) is 10.3. The molecule has 0 aliphatic carbocycles. The van der Waals surface area contributed by atoms with E-state index in [1.54, 1.807) is 23.5 Å². The minimum absolute atomic E-state index is 0.0345. The van der Waals surface area contributed by atoms with Gasteiger partial charge >= 0.3 is 0 Å². The Morgan fingerprint density at radius 1 is 1.28 bits per heavy atom. The number of hydrogen-bond donors (Lipinski definition) is 3. The van der Waals surface area contributed by atoms with Crippen LogP contribution in [0.4, 0.5) is 0 Å². The summed E-state index contributed by atoms with van der Waals surface area (Å²) in [5, 5.41) is 23.2. The molecule has 0 saturated heterocycles. The third-order valence-corrected chi connectivity index (χ3v) is 3.57. The van der Waals surface area contributed by atoms with E-state index in [-0.39, 0.29) is 17.5 Å². The summed E-state index contributed by atoms with van der Waals surface area (Å²) >= 11 is 1.66. The second-order valence-electron chi connectivity index (χ2n) is 4.25. The molecule has 5 heteroatoms. The smallest absolute Gasteiger partial charge is 0.119 e. The summed E-state index contributed by atoms with van der Waals surface area (Å²) in [7, 11) is 0. The Morgan fingerprint density at radius 2 is 1.94 bits per heavy atom. The summed E-state index contributed by atoms with van der Waals surface area (Å²) < 4.78 is 0. The molecule has 0 radical (unpaired) electrons. The van der Waals surface area contributed by atoms with E-state index in [1.807, 2.05) is 20.0 Å². The molecule has 0 saturated carbocycles. The molecule has 0 aliphatic rings. The van der Waals surface area contributed by atoms with E-state index in [2.05, 4.69) is 10.3 Å². The normalized spacial score (nSPS) is 12.6. The Balaban J connectivity index is 2.01. The molecule has 2 aromatic rings. The van der Waals surface area contributed by atoms with Gasteiger partial charge in [0.25, 0.3) is 0 Å². The molecule has 2 rings (SSSR count). The average Bonchev–Trinajstić information content (AvgIpc) is 2.70. The topological polar surface area (TPSA) is 65.4 Å². The fourth-order valence-corrected chi connectivity index (χ4v) is 2.45. The van der Waals surface area contributed by atoms with Crippen LogP contribution in [-0.4, -0.2) is 15.2 Å². The zero-order chi connectivity index (χ0) is 13.1. The molecule has 1 aromatic carbocycles. The van der Waals surface area contributed by atoms with Crippen LogP contribution in [0, 0.1) is 6.92 Å². The fourth-order valence-electron chi connectivity index (χ4n) is 1.71. The highest BCUT2D eigenvalue weighted by molar-refractivity contribution is 7.11. The van der Waals surface area contributed by atoms with Crippen LogP contribution in [0.5, 0.6) is 11.5 Å². The van der Waals surface area contributed by atoms with Crippen LogP contribution < -0.4 is 5.32 Å².